The second kappa shape index (κ2) is 20.8. The molecule has 0 bridgehead atoms. The summed E-state index contributed by atoms with van der Waals surface area (Å²) in [4.78, 5) is 98.7. The van der Waals surface area contributed by atoms with Crippen LogP contribution in [0.1, 0.15) is 80.6 Å². The van der Waals surface area contributed by atoms with Gasteiger partial charge in [-0.2, -0.15) is 0 Å². The van der Waals surface area contributed by atoms with Crippen molar-refractivity contribution in [2.24, 2.45) is 35.0 Å². The van der Waals surface area contributed by atoms with Gasteiger partial charge in [0, 0.05) is 6.42 Å². The third-order valence-corrected chi connectivity index (χ3v) is 7.25. The first-order valence-corrected chi connectivity index (χ1v) is 15.8. The van der Waals surface area contributed by atoms with E-state index in [1.54, 1.807) is 41.5 Å². The number of carboxylic acid groups (broad SMARTS) is 1. The zero-order valence-corrected chi connectivity index (χ0v) is 28.7. The summed E-state index contributed by atoms with van der Waals surface area (Å²) in [6.07, 6.45) is -3.05. The lowest BCUT2D eigenvalue weighted by Crippen LogP contribution is -2.59. The summed E-state index contributed by atoms with van der Waals surface area (Å²) in [6.45, 7) is 11.5. The molecule has 0 aromatic rings. The fourth-order valence-electron chi connectivity index (χ4n) is 4.45. The number of nitrogens with two attached hydrogens (primary N) is 3. The van der Waals surface area contributed by atoms with Crippen LogP contribution in [0.25, 0.3) is 0 Å². The third kappa shape index (κ3) is 16.5. The number of primary amides is 2. The Morgan fingerprint density at radius 1 is 0.667 bits per heavy atom. The molecule has 0 saturated heterocycles. The minimum absolute atomic E-state index is 0.104. The first-order valence-electron chi connectivity index (χ1n) is 15.8. The largest absolute Gasteiger partial charge is 0.481 e. The molecule has 0 heterocycles. The zero-order chi connectivity index (χ0) is 37.5. The molecule has 0 saturated carbocycles. The normalized spacial score (nSPS) is 15.7. The number of hydrogen-bond acceptors (Lipinski definition) is 10. The molecule has 0 radical (unpaired) electrons. The van der Waals surface area contributed by atoms with Gasteiger partial charge in [-0.15, -0.1) is 0 Å². The first-order chi connectivity index (χ1) is 22.1. The summed E-state index contributed by atoms with van der Waals surface area (Å²) < 4.78 is 0. The lowest BCUT2D eigenvalue weighted by Gasteiger charge is -2.30. The summed E-state index contributed by atoms with van der Waals surface area (Å²) in [7, 11) is 0. The van der Waals surface area contributed by atoms with Gasteiger partial charge in [-0.05, 0) is 37.5 Å². The van der Waals surface area contributed by atoms with E-state index in [-0.39, 0.29) is 25.2 Å². The molecule has 7 amide bonds. The molecule has 7 atom stereocenters. The van der Waals surface area contributed by atoms with Crippen molar-refractivity contribution in [3.8, 4) is 0 Å². The van der Waals surface area contributed by atoms with Crippen LogP contribution >= 0.6 is 0 Å². The molecule has 0 spiro atoms. The van der Waals surface area contributed by atoms with Crippen molar-refractivity contribution < 1.29 is 48.6 Å². The number of carboxylic acids is 1. The van der Waals surface area contributed by atoms with Gasteiger partial charge < -0.3 is 54.0 Å². The van der Waals surface area contributed by atoms with E-state index in [9.17, 15) is 43.5 Å². The highest BCUT2D eigenvalue weighted by atomic mass is 16.4. The second-order valence-electron chi connectivity index (χ2n) is 12.9. The van der Waals surface area contributed by atoms with Gasteiger partial charge in [0.15, 0.2) is 0 Å². The molecule has 0 fully saturated rings. The van der Waals surface area contributed by atoms with Crippen LogP contribution in [0.4, 0.5) is 0 Å². The predicted octanol–water partition coefficient (Wildman–Crippen LogP) is -2.91. The van der Waals surface area contributed by atoms with E-state index in [0.29, 0.717) is 0 Å². The Morgan fingerprint density at radius 3 is 1.65 bits per heavy atom. The highest BCUT2D eigenvalue weighted by Gasteiger charge is 2.34. The Kier molecular flexibility index (Phi) is 18.9. The molecule has 48 heavy (non-hydrogen) atoms. The van der Waals surface area contributed by atoms with Crippen LogP contribution in [0.2, 0.25) is 0 Å². The molecule has 0 aromatic carbocycles. The Labute approximate surface area is 280 Å². The molecule has 0 unspecified atom stereocenters. The number of amides is 7. The number of aliphatic hydroxyl groups is 1. The number of carbonyl (C=O) groups is 8. The highest BCUT2D eigenvalue weighted by Crippen LogP contribution is 2.13. The molecular formula is C30H54N8O10. The molecule has 274 valence electrons. The van der Waals surface area contributed by atoms with E-state index in [1.165, 1.54) is 6.92 Å². The maximum Gasteiger partial charge on any atom is 0.303 e. The summed E-state index contributed by atoms with van der Waals surface area (Å²) in [5, 5.41) is 32.2. The molecule has 18 nitrogen and oxygen atoms in total. The van der Waals surface area contributed by atoms with E-state index in [4.69, 9.17) is 22.3 Å². The van der Waals surface area contributed by atoms with Crippen molar-refractivity contribution >= 4 is 47.3 Å². The van der Waals surface area contributed by atoms with Gasteiger partial charge in [0.25, 0.3) is 0 Å². The van der Waals surface area contributed by atoms with Gasteiger partial charge >= 0.3 is 5.97 Å². The number of rotatable bonds is 22. The van der Waals surface area contributed by atoms with E-state index in [1.807, 2.05) is 0 Å². The Hall–Kier alpha value is -4.32. The molecule has 0 aromatic heterocycles. The standard InChI is InChI=1S/C30H54N8O10/c1-13(2)10-18(20(39)12-22(41)37-24(14(3)4)29(47)34-16(7)26(33)44)35-28(46)19(11-21(32)40)36-30(48)25(15(5)6)38-27(45)17(31)8-9-23(42)43/h13-20,24-25,39H,8-12,31H2,1-7H3,(H2,32,40)(H2,33,44)(H,34,47)(H,35,46)(H,36,48)(H,37,41)(H,38,45)(H,42,43)/t16-,17-,18-,19-,20-,24-,25-/m0/s1. The third-order valence-electron chi connectivity index (χ3n) is 7.25. The summed E-state index contributed by atoms with van der Waals surface area (Å²) in [5.41, 5.74) is 16.3. The minimum Gasteiger partial charge on any atom is -0.481 e. The van der Waals surface area contributed by atoms with Crippen molar-refractivity contribution in [3.63, 3.8) is 0 Å². The van der Waals surface area contributed by atoms with Crippen molar-refractivity contribution in [2.75, 3.05) is 0 Å². The van der Waals surface area contributed by atoms with Gasteiger partial charge in [0.2, 0.25) is 41.4 Å². The SMILES string of the molecule is CC(C)C[C@H](NC(=O)[C@H](CC(N)=O)NC(=O)[C@@H](NC(=O)[C@@H](N)CCC(=O)O)C(C)C)[C@@H](O)CC(=O)N[C@H](C(=O)N[C@@H](C)C(N)=O)C(C)C. The summed E-state index contributed by atoms with van der Waals surface area (Å²) >= 11 is 0. The van der Waals surface area contributed by atoms with Crippen LogP contribution in [-0.4, -0.2) is 99.9 Å². The number of carbonyl (C=O) groups excluding carboxylic acids is 7. The number of aliphatic carboxylic acids is 1. The average Bonchev–Trinajstić information content (AvgIpc) is 2.95. The van der Waals surface area contributed by atoms with Crippen molar-refractivity contribution in [1.82, 2.24) is 26.6 Å². The van der Waals surface area contributed by atoms with Gasteiger partial charge in [0.05, 0.1) is 31.0 Å². The average molecular weight is 687 g/mol. The van der Waals surface area contributed by atoms with Crippen molar-refractivity contribution in [2.45, 2.75) is 123 Å². The highest BCUT2D eigenvalue weighted by molar-refractivity contribution is 5.95. The van der Waals surface area contributed by atoms with Crippen LogP contribution in [0.15, 0.2) is 0 Å². The quantitative estimate of drug-likeness (QED) is 0.0550. The van der Waals surface area contributed by atoms with E-state index < -0.39 is 114 Å². The lowest BCUT2D eigenvalue weighted by atomic mass is 9.95. The van der Waals surface area contributed by atoms with Crippen LogP contribution in [-0.2, 0) is 38.4 Å². The predicted molar refractivity (Wildman–Crippen MR) is 173 cm³/mol. The molecule has 13 N–H and O–H groups in total. The maximum atomic E-state index is 13.4. The molecule has 0 aliphatic carbocycles. The van der Waals surface area contributed by atoms with Crippen molar-refractivity contribution in [3.05, 3.63) is 0 Å². The van der Waals surface area contributed by atoms with E-state index in [2.05, 4.69) is 26.6 Å². The van der Waals surface area contributed by atoms with Gasteiger partial charge in [0.1, 0.15) is 24.2 Å². The Balaban J connectivity index is 5.83. The second-order valence-corrected chi connectivity index (χ2v) is 12.9. The smallest absolute Gasteiger partial charge is 0.303 e. The van der Waals surface area contributed by atoms with Gasteiger partial charge in [-0.1, -0.05) is 41.5 Å². The topological polar surface area (TPSA) is 315 Å². The molecule has 18 heteroatoms. The van der Waals surface area contributed by atoms with Crippen LogP contribution in [0.3, 0.4) is 0 Å². The summed E-state index contributed by atoms with van der Waals surface area (Å²) in [6, 6.07) is -7.10. The monoisotopic (exact) mass is 686 g/mol. The Bertz CT molecular complexity index is 1160. The van der Waals surface area contributed by atoms with E-state index in [0.717, 1.165) is 0 Å². The molecule has 0 aliphatic heterocycles. The molecule has 0 rings (SSSR count). The minimum atomic E-state index is -1.54. The summed E-state index contributed by atoms with van der Waals surface area (Å²) in [5.74, 6) is -7.85. The van der Waals surface area contributed by atoms with Gasteiger partial charge in [-0.3, -0.25) is 38.4 Å². The van der Waals surface area contributed by atoms with Crippen LogP contribution in [0.5, 0.6) is 0 Å². The number of aliphatic hydroxyl groups excluding tert-OH is 1. The van der Waals surface area contributed by atoms with Crippen LogP contribution < -0.4 is 43.8 Å². The van der Waals surface area contributed by atoms with E-state index >= 15 is 0 Å². The lowest BCUT2D eigenvalue weighted by molar-refractivity contribution is -0.138. The van der Waals surface area contributed by atoms with Gasteiger partial charge in [-0.25, -0.2) is 0 Å². The first kappa shape index (κ1) is 43.7. The molecule has 0 aliphatic rings. The Morgan fingerprint density at radius 2 is 1.19 bits per heavy atom. The fourth-order valence-corrected chi connectivity index (χ4v) is 4.45. The number of nitrogens with one attached hydrogen (secondary N) is 5. The number of hydrogen-bond donors (Lipinski definition) is 10. The van der Waals surface area contributed by atoms with Crippen LogP contribution in [0, 0.1) is 17.8 Å². The fraction of sp³-hybridized carbons (Fsp3) is 0.733. The molecular weight excluding hydrogens is 632 g/mol. The zero-order valence-electron chi connectivity index (χ0n) is 28.7. The van der Waals surface area contributed by atoms with Crippen molar-refractivity contribution in [1.29, 1.82) is 0 Å². The maximum absolute atomic E-state index is 13.4.